The highest BCUT2D eigenvalue weighted by Crippen LogP contribution is 2.39. The molecule has 6 rings (SSSR count). The van der Waals surface area contributed by atoms with E-state index >= 15 is 0 Å². The van der Waals surface area contributed by atoms with E-state index in [1.165, 1.54) is 78.8 Å². The second-order valence-electron chi connectivity index (χ2n) is 10.2. The minimum Gasteiger partial charge on any atom is -0.450 e. The van der Waals surface area contributed by atoms with Crippen molar-refractivity contribution in [3.8, 4) is 0 Å². The van der Waals surface area contributed by atoms with Gasteiger partial charge in [0.25, 0.3) is 0 Å². The highest BCUT2D eigenvalue weighted by molar-refractivity contribution is 6.31. The first-order chi connectivity index (χ1) is 21.3. The summed E-state index contributed by atoms with van der Waals surface area (Å²) in [7, 11) is 2.74. The molecule has 13 heteroatoms. The lowest BCUT2D eigenvalue weighted by atomic mass is 9.86. The SMILES string of the molecule is CC(=O)c1oc2c(c1C(C)=O)C(=O)c1cnccc1C2=O.COC(C)(OC)c1oc2c(c1C(C)=O)C(=O)c1cnccc1C2=O. The number of carbonyl (C=O) groups excluding carboxylic acids is 7. The summed E-state index contributed by atoms with van der Waals surface area (Å²) in [5, 5.41) is 0. The summed E-state index contributed by atoms with van der Waals surface area (Å²) < 4.78 is 21.4. The van der Waals surface area contributed by atoms with Crippen molar-refractivity contribution in [3.05, 3.63) is 104 Å². The van der Waals surface area contributed by atoms with E-state index in [2.05, 4.69) is 9.97 Å². The number of aromatic nitrogens is 2. The lowest BCUT2D eigenvalue weighted by Crippen LogP contribution is -2.28. The van der Waals surface area contributed by atoms with Gasteiger partial charge in [-0.3, -0.25) is 43.5 Å². The zero-order valence-corrected chi connectivity index (χ0v) is 24.8. The number of methoxy groups -OCH3 is 2. The van der Waals surface area contributed by atoms with E-state index in [-0.39, 0.29) is 67.5 Å². The van der Waals surface area contributed by atoms with Crippen LogP contribution < -0.4 is 0 Å². The molecule has 0 bridgehead atoms. The van der Waals surface area contributed by atoms with E-state index in [1.807, 2.05) is 0 Å². The number of ether oxygens (including phenoxy) is 2. The van der Waals surface area contributed by atoms with Crippen molar-refractivity contribution in [1.29, 1.82) is 0 Å². The number of Topliss-reactive ketones (excluding diaryl/α,β-unsaturated/α-hetero) is 3. The lowest BCUT2D eigenvalue weighted by molar-refractivity contribution is -0.213. The van der Waals surface area contributed by atoms with Crippen molar-refractivity contribution in [2.24, 2.45) is 0 Å². The van der Waals surface area contributed by atoms with Gasteiger partial charge in [-0.15, -0.1) is 0 Å². The molecule has 0 aromatic carbocycles. The standard InChI is InChI=1S/C17H15NO6.C15H9NO5/c1-8(19)11-12-13(20)10-7-18-6-5-9(10)14(21)15(12)24-16(11)17(2,22-3)23-4;1-6(17)10-11-12(19)9-5-16-4-3-8(9)13(20)15(11)21-14(10)7(2)18/h5-7H,1-4H3;3-5H,1-2H3. The summed E-state index contributed by atoms with van der Waals surface area (Å²) in [5.74, 6) is -5.59. The van der Waals surface area contributed by atoms with Gasteiger partial charge in [0, 0.05) is 57.1 Å². The fraction of sp³-hybridized carbons (Fsp3) is 0.219. The van der Waals surface area contributed by atoms with Crippen LogP contribution in [0.5, 0.6) is 0 Å². The van der Waals surface area contributed by atoms with Crippen molar-refractivity contribution >= 4 is 40.5 Å². The summed E-state index contributed by atoms with van der Waals surface area (Å²) in [6, 6.07) is 2.85. The maximum atomic E-state index is 12.8. The number of rotatable bonds is 6. The molecule has 0 spiro atoms. The highest BCUT2D eigenvalue weighted by atomic mass is 16.7. The van der Waals surface area contributed by atoms with Gasteiger partial charge < -0.3 is 18.3 Å². The van der Waals surface area contributed by atoms with E-state index in [9.17, 15) is 33.6 Å². The van der Waals surface area contributed by atoms with E-state index in [1.54, 1.807) is 0 Å². The first kappa shape index (κ1) is 30.9. The summed E-state index contributed by atoms with van der Waals surface area (Å²) in [4.78, 5) is 93.6. The third-order valence-electron chi connectivity index (χ3n) is 7.52. The number of ketones is 7. The minimum absolute atomic E-state index is 0.00698. The first-order valence-corrected chi connectivity index (χ1v) is 13.3. The zero-order valence-electron chi connectivity index (χ0n) is 24.8. The Hall–Kier alpha value is -5.53. The first-order valence-electron chi connectivity index (χ1n) is 13.3. The molecule has 4 heterocycles. The maximum absolute atomic E-state index is 12.8. The van der Waals surface area contributed by atoms with Gasteiger partial charge in [-0.2, -0.15) is 0 Å². The number of furan rings is 2. The molecule has 0 N–H and O–H groups in total. The smallest absolute Gasteiger partial charge is 0.229 e. The van der Waals surface area contributed by atoms with E-state index < -0.39 is 46.3 Å². The molecule has 45 heavy (non-hydrogen) atoms. The average molecular weight is 613 g/mol. The largest absolute Gasteiger partial charge is 0.450 e. The Morgan fingerprint density at radius 2 is 1.09 bits per heavy atom. The Morgan fingerprint density at radius 1 is 0.644 bits per heavy atom. The average Bonchev–Trinajstić information content (AvgIpc) is 3.64. The number of hydrogen-bond acceptors (Lipinski definition) is 13. The van der Waals surface area contributed by atoms with Crippen LogP contribution in [-0.4, -0.2) is 64.7 Å². The van der Waals surface area contributed by atoms with Crippen molar-refractivity contribution in [3.63, 3.8) is 0 Å². The van der Waals surface area contributed by atoms with Crippen molar-refractivity contribution in [2.75, 3.05) is 14.2 Å². The van der Waals surface area contributed by atoms with Gasteiger partial charge >= 0.3 is 0 Å². The van der Waals surface area contributed by atoms with Crippen LogP contribution in [-0.2, 0) is 15.3 Å². The number of nitrogens with zero attached hydrogens (tertiary/aromatic N) is 2. The van der Waals surface area contributed by atoms with Crippen LogP contribution in [0.15, 0.2) is 45.8 Å². The fourth-order valence-electron chi connectivity index (χ4n) is 5.18. The van der Waals surface area contributed by atoms with Crippen LogP contribution in [0.4, 0.5) is 0 Å². The Labute approximate surface area is 254 Å². The van der Waals surface area contributed by atoms with Gasteiger partial charge in [-0.1, -0.05) is 0 Å². The third-order valence-corrected chi connectivity index (χ3v) is 7.52. The molecule has 2 aliphatic carbocycles. The van der Waals surface area contributed by atoms with Gasteiger partial charge in [0.05, 0.1) is 33.4 Å². The van der Waals surface area contributed by atoms with Gasteiger partial charge in [-0.05, 0) is 32.9 Å². The molecule has 13 nitrogen and oxygen atoms in total. The molecule has 0 saturated carbocycles. The quantitative estimate of drug-likeness (QED) is 0.194. The molecule has 4 aromatic rings. The van der Waals surface area contributed by atoms with E-state index in [4.69, 9.17) is 18.3 Å². The van der Waals surface area contributed by atoms with E-state index in [0.29, 0.717) is 0 Å². The topological polar surface area (TPSA) is 190 Å². The van der Waals surface area contributed by atoms with E-state index in [0.717, 1.165) is 0 Å². The van der Waals surface area contributed by atoms with Crippen LogP contribution in [0.3, 0.4) is 0 Å². The monoisotopic (exact) mass is 612 g/mol. The molecule has 0 radical (unpaired) electrons. The van der Waals surface area contributed by atoms with Crippen LogP contribution in [0, 0.1) is 0 Å². The van der Waals surface area contributed by atoms with Gasteiger partial charge in [-0.25, -0.2) is 0 Å². The normalized spacial score (nSPS) is 13.3. The van der Waals surface area contributed by atoms with Crippen LogP contribution >= 0.6 is 0 Å². The molecular formula is C32H24N2O11. The van der Waals surface area contributed by atoms with Crippen molar-refractivity contribution in [2.45, 2.75) is 33.5 Å². The van der Waals surface area contributed by atoms with Gasteiger partial charge in [0.1, 0.15) is 0 Å². The zero-order chi connectivity index (χ0) is 33.0. The van der Waals surface area contributed by atoms with Gasteiger partial charge in [0.15, 0.2) is 52.0 Å². The van der Waals surface area contributed by atoms with Crippen LogP contribution in [0.2, 0.25) is 0 Å². The molecule has 0 aliphatic heterocycles. The van der Waals surface area contributed by atoms with Crippen LogP contribution in [0.25, 0.3) is 0 Å². The second-order valence-corrected chi connectivity index (χ2v) is 10.2. The summed E-state index contributed by atoms with van der Waals surface area (Å²) in [6.45, 7) is 5.25. The van der Waals surface area contributed by atoms with Crippen LogP contribution in [0.1, 0.15) is 129 Å². The summed E-state index contributed by atoms with van der Waals surface area (Å²) >= 11 is 0. The van der Waals surface area contributed by atoms with Gasteiger partial charge in [0.2, 0.25) is 17.4 Å². The molecular weight excluding hydrogens is 588 g/mol. The number of pyridine rings is 2. The Kier molecular flexibility index (Phi) is 7.69. The molecule has 0 amide bonds. The Balaban J connectivity index is 0.000000179. The van der Waals surface area contributed by atoms with Crippen molar-refractivity contribution in [1.82, 2.24) is 9.97 Å². The third kappa shape index (κ3) is 4.69. The molecule has 0 atom stereocenters. The summed E-state index contributed by atoms with van der Waals surface area (Å²) in [5.41, 5.74) is 0.238. The molecule has 228 valence electrons. The highest BCUT2D eigenvalue weighted by Gasteiger charge is 2.44. The Bertz CT molecular complexity index is 2010. The molecule has 0 saturated heterocycles. The predicted molar refractivity (Wildman–Crippen MR) is 151 cm³/mol. The molecule has 0 unspecified atom stereocenters. The lowest BCUT2D eigenvalue weighted by Gasteiger charge is -2.24. The molecule has 4 aromatic heterocycles. The summed E-state index contributed by atoms with van der Waals surface area (Å²) in [6.07, 6.45) is 5.37. The number of hydrogen-bond donors (Lipinski definition) is 0. The maximum Gasteiger partial charge on any atom is 0.229 e. The second kappa shape index (κ2) is 11.2. The minimum atomic E-state index is -1.41. The fourth-order valence-corrected chi connectivity index (χ4v) is 5.18. The molecule has 2 aliphatic rings. The Morgan fingerprint density at radius 3 is 1.51 bits per heavy atom. The van der Waals surface area contributed by atoms with Crippen molar-refractivity contribution < 1.29 is 51.9 Å². The molecule has 0 fully saturated rings. The predicted octanol–water partition coefficient (Wildman–Crippen LogP) is 3.97. The number of fused-ring (bicyclic) bond motifs is 4. The number of carbonyl (C=O) groups is 7.